The van der Waals surface area contributed by atoms with E-state index >= 15 is 0 Å². The maximum absolute atomic E-state index is 12.2. The van der Waals surface area contributed by atoms with Crippen LogP contribution in [-0.2, 0) is 17.8 Å². The van der Waals surface area contributed by atoms with Crippen LogP contribution in [0.3, 0.4) is 0 Å². The number of amides is 1. The number of nitrogens with zero attached hydrogens (tertiary/aromatic N) is 3. The molecule has 1 heterocycles. The largest absolute Gasteiger partial charge is 0.325 e. The fraction of sp³-hybridized carbons (Fsp3) is 0.476. The number of hydrogen-bond acceptors (Lipinski definition) is 4. The Morgan fingerprint density at radius 2 is 2.07 bits per heavy atom. The number of hydrogen-bond donors (Lipinski definition) is 1. The van der Waals surface area contributed by atoms with Crippen molar-refractivity contribution in [3.05, 3.63) is 48.3 Å². The first-order valence-electron chi connectivity index (χ1n) is 9.66. The van der Waals surface area contributed by atoms with Crippen LogP contribution >= 0.6 is 11.8 Å². The summed E-state index contributed by atoms with van der Waals surface area (Å²) in [5, 5.41) is 12.3. The third kappa shape index (κ3) is 7.21. The number of allylic oxidation sites excluding steroid dienone is 1. The number of nitrogens with one attached hydrogen (secondary N) is 1. The van der Waals surface area contributed by atoms with Gasteiger partial charge in [-0.25, -0.2) is 0 Å². The number of thioether (sulfide) groups is 1. The van der Waals surface area contributed by atoms with Gasteiger partial charge in [0, 0.05) is 18.7 Å². The van der Waals surface area contributed by atoms with Crippen LogP contribution < -0.4 is 5.32 Å². The van der Waals surface area contributed by atoms with Gasteiger partial charge in [-0.05, 0) is 31.0 Å². The van der Waals surface area contributed by atoms with Crippen LogP contribution in [0.4, 0.5) is 5.69 Å². The first kappa shape index (κ1) is 21.2. The number of benzene rings is 1. The maximum atomic E-state index is 12.2. The molecule has 0 saturated heterocycles. The average Bonchev–Trinajstić information content (AvgIpc) is 3.02. The van der Waals surface area contributed by atoms with Crippen molar-refractivity contribution in [3.8, 4) is 0 Å². The lowest BCUT2D eigenvalue weighted by Gasteiger charge is -2.08. The molecule has 0 radical (unpaired) electrons. The molecule has 2 aromatic rings. The van der Waals surface area contributed by atoms with Crippen molar-refractivity contribution in [1.82, 2.24) is 14.8 Å². The molecule has 5 nitrogen and oxygen atoms in total. The fourth-order valence-corrected chi connectivity index (χ4v) is 3.63. The van der Waals surface area contributed by atoms with Gasteiger partial charge in [0.25, 0.3) is 0 Å². The average molecular weight is 387 g/mol. The van der Waals surface area contributed by atoms with Crippen LogP contribution in [0.1, 0.15) is 50.4 Å². The van der Waals surface area contributed by atoms with E-state index < -0.39 is 0 Å². The zero-order valence-corrected chi connectivity index (χ0v) is 17.2. The summed E-state index contributed by atoms with van der Waals surface area (Å²) in [5.41, 5.74) is 1.94. The molecule has 0 atom stereocenters. The highest BCUT2D eigenvalue weighted by Crippen LogP contribution is 2.19. The molecule has 0 aliphatic carbocycles. The number of anilines is 1. The van der Waals surface area contributed by atoms with E-state index in [4.69, 9.17) is 0 Å². The van der Waals surface area contributed by atoms with Crippen LogP contribution in [-0.4, -0.2) is 26.4 Å². The standard InChI is InChI=1S/C21H30N4OS/c1-4-6-7-8-9-13-19-23-24-21(25(19)14-5-2)27-16-20(26)22-18-12-10-11-17(3)15-18/h5,10-12,15H,2,4,6-9,13-14,16H2,1,3H3,(H,22,26). The molecule has 1 aromatic heterocycles. The smallest absolute Gasteiger partial charge is 0.234 e. The summed E-state index contributed by atoms with van der Waals surface area (Å²) < 4.78 is 2.07. The molecule has 0 aliphatic rings. The second-order valence-electron chi connectivity index (χ2n) is 6.67. The third-order valence-electron chi connectivity index (χ3n) is 4.24. The molecule has 0 fully saturated rings. The zero-order valence-electron chi connectivity index (χ0n) is 16.4. The fourth-order valence-electron chi connectivity index (χ4n) is 2.86. The second-order valence-corrected chi connectivity index (χ2v) is 7.61. The van der Waals surface area contributed by atoms with Gasteiger partial charge in [-0.2, -0.15) is 0 Å². The summed E-state index contributed by atoms with van der Waals surface area (Å²) >= 11 is 1.42. The minimum Gasteiger partial charge on any atom is -0.325 e. The van der Waals surface area contributed by atoms with E-state index in [0.29, 0.717) is 12.3 Å². The minimum atomic E-state index is -0.0418. The number of aromatic nitrogens is 3. The van der Waals surface area contributed by atoms with Gasteiger partial charge in [0.1, 0.15) is 5.82 Å². The minimum absolute atomic E-state index is 0.0418. The van der Waals surface area contributed by atoms with Gasteiger partial charge >= 0.3 is 0 Å². The van der Waals surface area contributed by atoms with Gasteiger partial charge < -0.3 is 9.88 Å². The topological polar surface area (TPSA) is 59.8 Å². The lowest BCUT2D eigenvalue weighted by atomic mass is 10.1. The van der Waals surface area contributed by atoms with Gasteiger partial charge in [-0.15, -0.1) is 16.8 Å². The Hall–Kier alpha value is -2.08. The van der Waals surface area contributed by atoms with Crippen LogP contribution in [0.15, 0.2) is 42.1 Å². The van der Waals surface area contributed by atoms with Crippen LogP contribution in [0.2, 0.25) is 0 Å². The number of carbonyl (C=O) groups is 1. The van der Waals surface area contributed by atoms with Gasteiger partial charge in [0.05, 0.1) is 5.75 Å². The summed E-state index contributed by atoms with van der Waals surface area (Å²) in [6.07, 6.45) is 8.91. The summed E-state index contributed by atoms with van der Waals surface area (Å²) in [4.78, 5) is 12.2. The Balaban J connectivity index is 1.89. The molecule has 0 saturated carbocycles. The summed E-state index contributed by atoms with van der Waals surface area (Å²) in [5.74, 6) is 1.24. The Morgan fingerprint density at radius 1 is 1.26 bits per heavy atom. The Kier molecular flexibility index (Phi) is 9.11. The number of rotatable bonds is 12. The van der Waals surface area contributed by atoms with E-state index in [0.717, 1.165) is 35.1 Å². The van der Waals surface area contributed by atoms with E-state index in [1.165, 1.54) is 37.4 Å². The highest BCUT2D eigenvalue weighted by atomic mass is 32.2. The monoisotopic (exact) mass is 386 g/mol. The Morgan fingerprint density at radius 3 is 2.81 bits per heavy atom. The molecular formula is C21H30N4OS. The van der Waals surface area contributed by atoms with Crippen molar-refractivity contribution in [3.63, 3.8) is 0 Å². The van der Waals surface area contributed by atoms with Gasteiger partial charge in [-0.3, -0.25) is 4.79 Å². The molecule has 27 heavy (non-hydrogen) atoms. The van der Waals surface area contributed by atoms with E-state index in [-0.39, 0.29) is 5.91 Å². The maximum Gasteiger partial charge on any atom is 0.234 e. The van der Waals surface area contributed by atoms with Crippen molar-refractivity contribution >= 4 is 23.4 Å². The molecule has 0 spiro atoms. The quantitative estimate of drug-likeness (QED) is 0.316. The Bertz CT molecular complexity index is 742. The molecule has 1 N–H and O–H groups in total. The SMILES string of the molecule is C=CCn1c(CCCCCCC)nnc1SCC(=O)Nc1cccc(C)c1. The third-order valence-corrected chi connectivity index (χ3v) is 5.21. The van der Waals surface area contributed by atoms with Crippen LogP contribution in [0.25, 0.3) is 0 Å². The lowest BCUT2D eigenvalue weighted by Crippen LogP contribution is -2.14. The summed E-state index contributed by atoms with van der Waals surface area (Å²) in [7, 11) is 0. The van der Waals surface area contributed by atoms with Crippen molar-refractivity contribution in [1.29, 1.82) is 0 Å². The van der Waals surface area contributed by atoms with E-state index in [1.807, 2.05) is 37.3 Å². The normalized spacial score (nSPS) is 10.7. The second kappa shape index (κ2) is 11.6. The molecule has 1 amide bonds. The number of carbonyl (C=O) groups excluding carboxylic acids is 1. The molecule has 146 valence electrons. The van der Waals surface area contributed by atoms with E-state index in [2.05, 4.69) is 33.6 Å². The molecule has 6 heteroatoms. The lowest BCUT2D eigenvalue weighted by molar-refractivity contribution is -0.113. The predicted octanol–water partition coefficient (Wildman–Crippen LogP) is 5.02. The molecule has 0 aliphatic heterocycles. The highest BCUT2D eigenvalue weighted by Gasteiger charge is 2.13. The molecule has 1 aromatic carbocycles. The predicted molar refractivity (Wildman–Crippen MR) is 113 cm³/mol. The van der Waals surface area contributed by atoms with Crippen molar-refractivity contribution in [2.45, 2.75) is 64.1 Å². The van der Waals surface area contributed by atoms with Crippen LogP contribution in [0.5, 0.6) is 0 Å². The van der Waals surface area contributed by atoms with Gasteiger partial charge in [0.15, 0.2) is 5.16 Å². The van der Waals surface area contributed by atoms with Crippen LogP contribution in [0, 0.1) is 6.92 Å². The summed E-state index contributed by atoms with van der Waals surface area (Å²) in [6.45, 7) is 8.73. The van der Waals surface area contributed by atoms with Gasteiger partial charge in [-0.1, -0.05) is 62.6 Å². The van der Waals surface area contributed by atoms with Crippen molar-refractivity contribution in [2.75, 3.05) is 11.1 Å². The molecule has 2 rings (SSSR count). The molecule has 0 bridgehead atoms. The zero-order chi connectivity index (χ0) is 19.5. The Labute approximate surface area is 166 Å². The van der Waals surface area contributed by atoms with E-state index in [9.17, 15) is 4.79 Å². The van der Waals surface area contributed by atoms with E-state index in [1.54, 1.807) is 0 Å². The first-order valence-corrected chi connectivity index (χ1v) is 10.6. The van der Waals surface area contributed by atoms with Crippen molar-refractivity contribution in [2.24, 2.45) is 0 Å². The number of unbranched alkanes of at least 4 members (excludes halogenated alkanes) is 4. The first-order chi connectivity index (χ1) is 13.1. The highest BCUT2D eigenvalue weighted by molar-refractivity contribution is 7.99. The summed E-state index contributed by atoms with van der Waals surface area (Å²) in [6, 6.07) is 7.80. The van der Waals surface area contributed by atoms with Gasteiger partial charge in [0.2, 0.25) is 5.91 Å². The molecular weight excluding hydrogens is 356 g/mol. The number of aryl methyl sites for hydroxylation is 2. The van der Waals surface area contributed by atoms with Crippen molar-refractivity contribution < 1.29 is 4.79 Å². The molecule has 0 unspecified atom stereocenters.